The van der Waals surface area contributed by atoms with Gasteiger partial charge in [-0.25, -0.2) is 9.36 Å². The fourth-order valence-corrected chi connectivity index (χ4v) is 3.96. The molecular formula is C20H26N2O6. The van der Waals surface area contributed by atoms with E-state index in [1.54, 1.807) is 18.2 Å². The first kappa shape index (κ1) is 19.2. The van der Waals surface area contributed by atoms with Gasteiger partial charge in [0, 0.05) is 13.1 Å². The van der Waals surface area contributed by atoms with Crippen LogP contribution in [0.3, 0.4) is 0 Å². The van der Waals surface area contributed by atoms with E-state index < -0.39 is 5.76 Å². The van der Waals surface area contributed by atoms with Gasteiger partial charge in [-0.05, 0) is 56.5 Å². The van der Waals surface area contributed by atoms with Gasteiger partial charge in [-0.1, -0.05) is 0 Å². The van der Waals surface area contributed by atoms with E-state index in [1.165, 1.54) is 11.7 Å². The third-order valence-electron chi connectivity index (χ3n) is 5.65. The zero-order chi connectivity index (χ0) is 19.5. The molecular weight excluding hydrogens is 364 g/mol. The molecule has 0 bridgehead atoms. The first-order valence-electron chi connectivity index (χ1n) is 9.81. The minimum Gasteiger partial charge on any atom is -0.497 e. The van der Waals surface area contributed by atoms with Crippen LogP contribution in [0.4, 0.5) is 0 Å². The third kappa shape index (κ3) is 4.14. The molecule has 1 aromatic carbocycles. The van der Waals surface area contributed by atoms with Gasteiger partial charge < -0.3 is 18.6 Å². The second-order valence-electron chi connectivity index (χ2n) is 7.39. The number of nitrogens with zero attached hydrogens (tertiary/aromatic N) is 2. The molecule has 0 spiro atoms. The second kappa shape index (κ2) is 8.46. The fourth-order valence-electron chi connectivity index (χ4n) is 3.96. The lowest BCUT2D eigenvalue weighted by atomic mass is 9.93. The lowest BCUT2D eigenvalue weighted by molar-refractivity contribution is -0.0662. The molecule has 0 N–H and O–H groups in total. The maximum absolute atomic E-state index is 12.7. The number of rotatable bonds is 6. The Kier molecular flexibility index (Phi) is 5.79. The highest BCUT2D eigenvalue weighted by Gasteiger charge is 2.24. The molecule has 8 heteroatoms. The third-order valence-corrected chi connectivity index (χ3v) is 5.65. The van der Waals surface area contributed by atoms with Crippen LogP contribution in [0.15, 0.2) is 32.2 Å². The van der Waals surface area contributed by atoms with E-state index in [9.17, 15) is 9.59 Å². The Morgan fingerprint density at radius 1 is 1.14 bits per heavy atom. The molecule has 152 valence electrons. The van der Waals surface area contributed by atoms with Crippen LogP contribution in [-0.4, -0.2) is 55.7 Å². The molecule has 28 heavy (non-hydrogen) atoms. The molecule has 0 unspecified atom stereocenters. The Morgan fingerprint density at radius 2 is 1.89 bits per heavy atom. The van der Waals surface area contributed by atoms with Gasteiger partial charge in [0.05, 0.1) is 25.7 Å². The van der Waals surface area contributed by atoms with Crippen LogP contribution in [-0.2, 0) is 16.0 Å². The van der Waals surface area contributed by atoms with Crippen LogP contribution in [0.5, 0.6) is 5.75 Å². The number of piperidine rings is 1. The van der Waals surface area contributed by atoms with E-state index in [0.29, 0.717) is 36.8 Å². The molecule has 0 aliphatic carbocycles. The van der Waals surface area contributed by atoms with Gasteiger partial charge in [-0.2, -0.15) is 0 Å². The lowest BCUT2D eigenvalue weighted by Gasteiger charge is -2.32. The highest BCUT2D eigenvalue weighted by Crippen LogP contribution is 2.22. The summed E-state index contributed by atoms with van der Waals surface area (Å²) in [5, 5.41) is 0.366. The number of benzene rings is 1. The molecule has 2 aromatic rings. The molecule has 3 heterocycles. The summed E-state index contributed by atoms with van der Waals surface area (Å²) in [6.07, 6.45) is 2.75. The summed E-state index contributed by atoms with van der Waals surface area (Å²) < 4.78 is 22.7. The normalized spacial score (nSPS) is 19.5. The summed E-state index contributed by atoms with van der Waals surface area (Å²) in [6.45, 7) is 4.49. The van der Waals surface area contributed by atoms with Crippen LogP contribution in [0.25, 0.3) is 11.0 Å². The molecule has 0 saturated carbocycles. The first-order chi connectivity index (χ1) is 13.6. The van der Waals surface area contributed by atoms with Gasteiger partial charge in [0.15, 0.2) is 6.29 Å². The van der Waals surface area contributed by atoms with Crippen LogP contribution < -0.4 is 16.1 Å². The van der Waals surface area contributed by atoms with Crippen LogP contribution in [0.2, 0.25) is 0 Å². The molecule has 0 atom stereocenters. The maximum Gasteiger partial charge on any atom is 0.422 e. The number of hydrogen-bond donors (Lipinski definition) is 0. The number of likely N-dealkylation sites (tertiary alicyclic amines) is 1. The number of aromatic nitrogens is 1. The van der Waals surface area contributed by atoms with Crippen molar-refractivity contribution in [3.8, 4) is 5.75 Å². The molecule has 1 aromatic heterocycles. The van der Waals surface area contributed by atoms with Gasteiger partial charge in [-0.15, -0.1) is 0 Å². The Balaban J connectivity index is 1.38. The van der Waals surface area contributed by atoms with Crippen LogP contribution >= 0.6 is 0 Å². The lowest BCUT2D eigenvalue weighted by Crippen LogP contribution is -2.40. The predicted molar refractivity (Wildman–Crippen MR) is 103 cm³/mol. The van der Waals surface area contributed by atoms with Crippen LogP contribution in [0, 0.1) is 5.92 Å². The van der Waals surface area contributed by atoms with Crippen molar-refractivity contribution in [3.05, 3.63) is 39.1 Å². The van der Waals surface area contributed by atoms with Crippen molar-refractivity contribution >= 4 is 11.0 Å². The second-order valence-corrected chi connectivity index (χ2v) is 7.39. The molecule has 4 rings (SSSR count). The maximum atomic E-state index is 12.7. The molecule has 2 saturated heterocycles. The van der Waals surface area contributed by atoms with Gasteiger partial charge in [0.25, 0.3) is 5.56 Å². The van der Waals surface area contributed by atoms with Crippen molar-refractivity contribution in [1.82, 2.24) is 9.47 Å². The molecule has 0 amide bonds. The van der Waals surface area contributed by atoms with E-state index in [0.717, 1.165) is 38.9 Å². The average molecular weight is 390 g/mol. The smallest absolute Gasteiger partial charge is 0.422 e. The van der Waals surface area contributed by atoms with Crippen molar-refractivity contribution in [3.63, 3.8) is 0 Å². The Labute approximate surface area is 162 Å². The topological polar surface area (TPSA) is 83.1 Å². The summed E-state index contributed by atoms with van der Waals surface area (Å²) in [7, 11) is 1.54. The molecule has 2 fully saturated rings. The van der Waals surface area contributed by atoms with Crippen molar-refractivity contribution in [2.45, 2.75) is 32.1 Å². The van der Waals surface area contributed by atoms with E-state index in [2.05, 4.69) is 4.90 Å². The van der Waals surface area contributed by atoms with E-state index in [-0.39, 0.29) is 17.4 Å². The summed E-state index contributed by atoms with van der Waals surface area (Å²) in [5.41, 5.74) is -0.0326. The predicted octanol–water partition coefficient (Wildman–Crippen LogP) is 1.44. The quantitative estimate of drug-likeness (QED) is 0.738. The minimum absolute atomic E-state index is 0.102. The number of ether oxygens (including phenoxy) is 3. The largest absolute Gasteiger partial charge is 0.497 e. The average Bonchev–Trinajstić information content (AvgIpc) is 3.22. The van der Waals surface area contributed by atoms with Crippen molar-refractivity contribution in [2.75, 3.05) is 40.0 Å². The van der Waals surface area contributed by atoms with E-state index in [1.807, 2.05) is 0 Å². The number of fused-ring (bicyclic) bond motifs is 1. The van der Waals surface area contributed by atoms with Gasteiger partial charge >= 0.3 is 5.76 Å². The standard InChI is InChI=1S/C20H26N2O6/c1-25-15-2-3-17-16(12-15)19(23)22(20(24)28-17)9-6-14-4-7-21(8-5-14)13-18-26-10-11-27-18/h2-3,12,14,18H,4-11,13H2,1H3. The van der Waals surface area contributed by atoms with Crippen LogP contribution in [0.1, 0.15) is 19.3 Å². The highest BCUT2D eigenvalue weighted by atomic mass is 16.7. The molecule has 2 aliphatic rings. The van der Waals surface area contributed by atoms with Gasteiger partial charge in [-0.3, -0.25) is 9.69 Å². The first-order valence-corrected chi connectivity index (χ1v) is 9.81. The Hall–Kier alpha value is -2.16. The Bertz CT molecular complexity index is 922. The van der Waals surface area contributed by atoms with Crippen molar-refractivity contribution in [1.29, 1.82) is 0 Å². The number of hydrogen-bond acceptors (Lipinski definition) is 7. The monoisotopic (exact) mass is 390 g/mol. The van der Waals surface area contributed by atoms with Gasteiger partial charge in [0.1, 0.15) is 11.3 Å². The van der Waals surface area contributed by atoms with E-state index >= 15 is 0 Å². The van der Waals surface area contributed by atoms with Gasteiger partial charge in [0.2, 0.25) is 0 Å². The zero-order valence-electron chi connectivity index (χ0n) is 16.1. The molecule has 8 nitrogen and oxygen atoms in total. The SMILES string of the molecule is COc1ccc2oc(=O)n(CCC3CCN(CC4OCCO4)CC3)c(=O)c2c1. The summed E-state index contributed by atoms with van der Waals surface area (Å²) in [4.78, 5) is 27.4. The van der Waals surface area contributed by atoms with Crippen molar-refractivity contribution in [2.24, 2.45) is 5.92 Å². The zero-order valence-corrected chi connectivity index (χ0v) is 16.1. The summed E-state index contributed by atoms with van der Waals surface area (Å²) in [5.74, 6) is 0.442. The molecule has 0 radical (unpaired) electrons. The minimum atomic E-state index is -0.601. The van der Waals surface area contributed by atoms with E-state index in [4.69, 9.17) is 18.6 Å². The molecule has 2 aliphatic heterocycles. The Morgan fingerprint density at radius 3 is 2.61 bits per heavy atom. The summed E-state index contributed by atoms with van der Waals surface area (Å²) in [6, 6.07) is 4.88. The van der Waals surface area contributed by atoms with Crippen molar-refractivity contribution < 1.29 is 18.6 Å². The summed E-state index contributed by atoms with van der Waals surface area (Å²) >= 11 is 0. The highest BCUT2D eigenvalue weighted by molar-refractivity contribution is 5.77. The fraction of sp³-hybridized carbons (Fsp3) is 0.600. The number of methoxy groups -OCH3 is 1.